The van der Waals surface area contributed by atoms with Crippen molar-refractivity contribution in [3.63, 3.8) is 0 Å². The Morgan fingerprint density at radius 3 is 2.35 bits per heavy atom. The molecule has 0 bridgehead atoms. The van der Waals surface area contributed by atoms with E-state index in [1.54, 1.807) is 17.8 Å². The molecule has 104 valence electrons. The van der Waals surface area contributed by atoms with Crippen LogP contribution >= 0.6 is 11.8 Å². The topological polar surface area (TPSA) is 69.2 Å². The molecule has 2 rings (SSSR count). The van der Waals surface area contributed by atoms with Crippen LogP contribution in [-0.2, 0) is 5.75 Å². The summed E-state index contributed by atoms with van der Waals surface area (Å²) in [5, 5.41) is 10.7. The van der Waals surface area contributed by atoms with Crippen molar-refractivity contribution in [2.24, 2.45) is 0 Å². The van der Waals surface area contributed by atoms with Crippen molar-refractivity contribution in [2.75, 3.05) is 5.73 Å². The third kappa shape index (κ3) is 3.51. The summed E-state index contributed by atoms with van der Waals surface area (Å²) in [5.74, 6) is 0.796. The molecule has 2 aromatic carbocycles. The average molecular weight is 288 g/mol. The summed E-state index contributed by atoms with van der Waals surface area (Å²) in [6, 6.07) is 11.0. The van der Waals surface area contributed by atoms with E-state index in [4.69, 9.17) is 5.73 Å². The molecule has 0 unspecified atom stereocenters. The summed E-state index contributed by atoms with van der Waals surface area (Å²) in [7, 11) is 0. The second-order valence-electron chi connectivity index (χ2n) is 4.76. The summed E-state index contributed by atoms with van der Waals surface area (Å²) >= 11 is 1.59. The Morgan fingerprint density at radius 2 is 1.80 bits per heavy atom. The number of nitrogens with zero attached hydrogens (tertiary/aromatic N) is 1. The minimum atomic E-state index is -0.436. The number of nitrogen functional groups attached to an aromatic ring is 1. The third-order valence-corrected chi connectivity index (χ3v) is 4.04. The molecule has 0 amide bonds. The van der Waals surface area contributed by atoms with E-state index in [1.165, 1.54) is 28.8 Å². The minimum Gasteiger partial charge on any atom is -0.398 e. The Labute approximate surface area is 122 Å². The maximum Gasteiger partial charge on any atom is 0.271 e. The van der Waals surface area contributed by atoms with E-state index < -0.39 is 4.92 Å². The van der Waals surface area contributed by atoms with Crippen molar-refractivity contribution < 1.29 is 4.92 Å². The molecule has 0 fully saturated rings. The number of aryl methyl sites for hydroxylation is 2. The molecule has 0 aliphatic heterocycles. The molecule has 0 aromatic heterocycles. The van der Waals surface area contributed by atoms with Crippen LogP contribution in [0.5, 0.6) is 0 Å². The molecule has 0 radical (unpaired) electrons. The molecule has 0 spiro atoms. The second-order valence-corrected chi connectivity index (χ2v) is 5.78. The molecule has 0 aliphatic rings. The number of non-ortho nitro benzene ring substituents is 1. The molecule has 0 heterocycles. The smallest absolute Gasteiger partial charge is 0.271 e. The van der Waals surface area contributed by atoms with Gasteiger partial charge in [0.1, 0.15) is 0 Å². The molecular formula is C15H16N2O2S. The Bertz CT molecular complexity index is 636. The van der Waals surface area contributed by atoms with E-state index >= 15 is 0 Å². The Balaban J connectivity index is 2.12. The van der Waals surface area contributed by atoms with Gasteiger partial charge in [0.2, 0.25) is 0 Å². The zero-order chi connectivity index (χ0) is 14.7. The van der Waals surface area contributed by atoms with Crippen LogP contribution in [0, 0.1) is 24.0 Å². The summed E-state index contributed by atoms with van der Waals surface area (Å²) in [6.45, 7) is 4.14. The van der Waals surface area contributed by atoms with E-state index in [0.29, 0.717) is 5.69 Å². The van der Waals surface area contributed by atoms with Gasteiger partial charge in [-0.1, -0.05) is 29.3 Å². The highest BCUT2D eigenvalue weighted by atomic mass is 32.2. The lowest BCUT2D eigenvalue weighted by Gasteiger charge is -2.07. The van der Waals surface area contributed by atoms with Crippen LogP contribution in [-0.4, -0.2) is 4.92 Å². The summed E-state index contributed by atoms with van der Waals surface area (Å²) < 4.78 is 0. The van der Waals surface area contributed by atoms with Gasteiger partial charge in [0, 0.05) is 22.8 Å². The fraction of sp³-hybridized carbons (Fsp3) is 0.200. The number of anilines is 1. The molecule has 5 heteroatoms. The Morgan fingerprint density at radius 1 is 1.15 bits per heavy atom. The first-order chi connectivity index (χ1) is 9.45. The molecule has 0 saturated heterocycles. The number of nitrogens with two attached hydrogens (primary N) is 1. The molecule has 2 N–H and O–H groups in total. The largest absolute Gasteiger partial charge is 0.398 e. The van der Waals surface area contributed by atoms with Crippen molar-refractivity contribution in [3.05, 3.63) is 63.2 Å². The second kappa shape index (κ2) is 5.96. The first-order valence-corrected chi connectivity index (χ1v) is 7.18. The fourth-order valence-corrected chi connectivity index (χ4v) is 2.97. The minimum absolute atomic E-state index is 0.0262. The van der Waals surface area contributed by atoms with Crippen LogP contribution in [0.3, 0.4) is 0 Å². The maximum absolute atomic E-state index is 10.7. The van der Waals surface area contributed by atoms with Crippen molar-refractivity contribution in [1.82, 2.24) is 0 Å². The van der Waals surface area contributed by atoms with Gasteiger partial charge in [0.25, 0.3) is 5.69 Å². The molecule has 0 aliphatic carbocycles. The number of hydrogen-bond acceptors (Lipinski definition) is 4. The molecule has 4 nitrogen and oxygen atoms in total. The van der Waals surface area contributed by atoms with Gasteiger partial charge in [-0.25, -0.2) is 0 Å². The number of benzene rings is 2. The van der Waals surface area contributed by atoms with Crippen LogP contribution in [0.1, 0.15) is 16.7 Å². The van der Waals surface area contributed by atoms with Crippen molar-refractivity contribution in [2.45, 2.75) is 24.5 Å². The van der Waals surface area contributed by atoms with Gasteiger partial charge in [0.15, 0.2) is 0 Å². The van der Waals surface area contributed by atoms with Crippen molar-refractivity contribution >= 4 is 23.1 Å². The van der Waals surface area contributed by atoms with Gasteiger partial charge in [-0.15, -0.1) is 11.8 Å². The van der Waals surface area contributed by atoms with Gasteiger partial charge in [-0.3, -0.25) is 10.1 Å². The van der Waals surface area contributed by atoms with Gasteiger partial charge in [-0.2, -0.15) is 0 Å². The Kier molecular flexibility index (Phi) is 4.29. The fourth-order valence-electron chi connectivity index (χ4n) is 2.09. The summed E-state index contributed by atoms with van der Waals surface area (Å²) in [6.07, 6.45) is 0. The van der Waals surface area contributed by atoms with E-state index in [0.717, 1.165) is 10.6 Å². The number of rotatable bonds is 4. The standard InChI is InChI=1S/C15H16N2O2S/c1-10-5-11(2)7-12(6-10)9-20-15-4-3-13(17(18)19)8-14(15)16/h3-8H,9,16H2,1-2H3. The number of nitro groups is 1. The highest BCUT2D eigenvalue weighted by molar-refractivity contribution is 7.98. The zero-order valence-corrected chi connectivity index (χ0v) is 12.2. The molecule has 0 saturated carbocycles. The van der Waals surface area contributed by atoms with Crippen molar-refractivity contribution in [3.8, 4) is 0 Å². The molecule has 0 atom stereocenters. The first kappa shape index (κ1) is 14.4. The SMILES string of the molecule is Cc1cc(C)cc(CSc2ccc([N+](=O)[O-])cc2N)c1. The van der Waals surface area contributed by atoms with Gasteiger partial charge in [0.05, 0.1) is 10.6 Å². The highest BCUT2D eigenvalue weighted by Crippen LogP contribution is 2.31. The number of thioether (sulfide) groups is 1. The quantitative estimate of drug-likeness (QED) is 0.398. The van der Waals surface area contributed by atoms with Crippen LogP contribution in [0.25, 0.3) is 0 Å². The lowest BCUT2D eigenvalue weighted by molar-refractivity contribution is -0.384. The number of hydrogen-bond donors (Lipinski definition) is 1. The van der Waals surface area contributed by atoms with Gasteiger partial charge in [-0.05, 0) is 25.5 Å². The summed E-state index contributed by atoms with van der Waals surface area (Å²) in [5.41, 5.74) is 10.0. The molecule has 20 heavy (non-hydrogen) atoms. The maximum atomic E-state index is 10.7. The van der Waals surface area contributed by atoms with Gasteiger partial charge < -0.3 is 5.73 Å². The number of nitro benzene ring substituents is 1. The first-order valence-electron chi connectivity index (χ1n) is 6.19. The zero-order valence-electron chi connectivity index (χ0n) is 11.4. The van der Waals surface area contributed by atoms with Crippen LogP contribution in [0.2, 0.25) is 0 Å². The van der Waals surface area contributed by atoms with Crippen LogP contribution < -0.4 is 5.73 Å². The Hall–Kier alpha value is -2.01. The third-order valence-electron chi connectivity index (χ3n) is 2.88. The van der Waals surface area contributed by atoms with E-state index in [2.05, 4.69) is 32.0 Å². The predicted molar refractivity (Wildman–Crippen MR) is 83.0 cm³/mol. The lowest BCUT2D eigenvalue weighted by atomic mass is 10.1. The molecule has 2 aromatic rings. The summed E-state index contributed by atoms with van der Waals surface area (Å²) in [4.78, 5) is 11.1. The highest BCUT2D eigenvalue weighted by Gasteiger charge is 2.09. The predicted octanol–water partition coefficient (Wildman–Crippen LogP) is 4.09. The van der Waals surface area contributed by atoms with E-state index in [-0.39, 0.29) is 5.69 Å². The normalized spacial score (nSPS) is 10.5. The van der Waals surface area contributed by atoms with Crippen LogP contribution in [0.4, 0.5) is 11.4 Å². The van der Waals surface area contributed by atoms with E-state index in [1.807, 2.05) is 0 Å². The molecular weight excluding hydrogens is 272 g/mol. The monoisotopic (exact) mass is 288 g/mol. The average Bonchev–Trinajstić information content (AvgIpc) is 2.36. The lowest BCUT2D eigenvalue weighted by Crippen LogP contribution is -1.93. The van der Waals surface area contributed by atoms with Crippen LogP contribution in [0.15, 0.2) is 41.3 Å². The van der Waals surface area contributed by atoms with Crippen molar-refractivity contribution in [1.29, 1.82) is 0 Å². The van der Waals surface area contributed by atoms with E-state index in [9.17, 15) is 10.1 Å². The van der Waals surface area contributed by atoms with Gasteiger partial charge >= 0.3 is 0 Å².